The molecule has 0 atom stereocenters. The van der Waals surface area contributed by atoms with Gasteiger partial charge in [-0.1, -0.05) is 11.6 Å². The lowest BCUT2D eigenvalue weighted by atomic mass is 10.3. The molecule has 1 fully saturated rings. The number of hydrogen-bond acceptors (Lipinski definition) is 3. The number of nitrogens with zero attached hydrogens (tertiary/aromatic N) is 1. The molecule has 7 heteroatoms. The number of hydrogen-bond donors (Lipinski definition) is 1. The number of benzene rings is 1. The molecule has 0 saturated carbocycles. The van der Waals surface area contributed by atoms with Crippen LogP contribution in [-0.2, 0) is 10.0 Å². The van der Waals surface area contributed by atoms with Crippen LogP contribution in [0.15, 0.2) is 23.1 Å². The van der Waals surface area contributed by atoms with E-state index in [1.54, 1.807) is 0 Å². The Balaban J connectivity index is 2.34. The SMILES string of the molecule is O=S(=O)(c1ccc(Cl)cc1F)N1CCCNCC1. The van der Waals surface area contributed by atoms with Crippen LogP contribution in [-0.4, -0.2) is 38.9 Å². The van der Waals surface area contributed by atoms with Crippen LogP contribution in [0, 0.1) is 5.82 Å². The molecule has 0 amide bonds. The Morgan fingerprint density at radius 3 is 2.78 bits per heavy atom. The molecule has 0 aliphatic carbocycles. The zero-order chi connectivity index (χ0) is 13.2. The molecule has 1 aromatic carbocycles. The van der Waals surface area contributed by atoms with E-state index >= 15 is 0 Å². The van der Waals surface area contributed by atoms with E-state index in [0.29, 0.717) is 26.1 Å². The zero-order valence-electron chi connectivity index (χ0n) is 9.70. The number of halogens is 2. The van der Waals surface area contributed by atoms with Crippen LogP contribution in [0.2, 0.25) is 5.02 Å². The summed E-state index contributed by atoms with van der Waals surface area (Å²) in [6.07, 6.45) is 0.717. The van der Waals surface area contributed by atoms with Crippen molar-refractivity contribution in [1.82, 2.24) is 9.62 Å². The average Bonchev–Trinajstić information content (AvgIpc) is 2.57. The van der Waals surface area contributed by atoms with Crippen molar-refractivity contribution < 1.29 is 12.8 Å². The summed E-state index contributed by atoms with van der Waals surface area (Å²) in [5.74, 6) is -0.806. The highest BCUT2D eigenvalue weighted by molar-refractivity contribution is 7.89. The standard InChI is InChI=1S/C11H14ClFN2O2S/c12-9-2-3-11(10(13)8-9)18(16,17)15-6-1-4-14-5-7-15/h2-3,8,14H,1,4-7H2. The number of sulfonamides is 1. The largest absolute Gasteiger partial charge is 0.315 e. The summed E-state index contributed by atoms with van der Waals surface area (Å²) in [5, 5.41) is 3.29. The van der Waals surface area contributed by atoms with Crippen LogP contribution in [0.5, 0.6) is 0 Å². The van der Waals surface area contributed by atoms with Crippen LogP contribution in [0.25, 0.3) is 0 Å². The van der Waals surface area contributed by atoms with E-state index < -0.39 is 15.8 Å². The molecule has 4 nitrogen and oxygen atoms in total. The first-order valence-corrected chi connectivity index (χ1v) is 7.49. The minimum atomic E-state index is -3.77. The monoisotopic (exact) mass is 292 g/mol. The molecule has 2 rings (SSSR count). The first kappa shape index (κ1) is 13.7. The fourth-order valence-electron chi connectivity index (χ4n) is 1.88. The van der Waals surface area contributed by atoms with Gasteiger partial charge in [0, 0.05) is 24.7 Å². The van der Waals surface area contributed by atoms with Crippen molar-refractivity contribution in [2.24, 2.45) is 0 Å². The first-order chi connectivity index (χ1) is 8.51. The molecule has 100 valence electrons. The summed E-state index contributed by atoms with van der Waals surface area (Å²) in [6, 6.07) is 3.61. The maximum absolute atomic E-state index is 13.7. The molecule has 18 heavy (non-hydrogen) atoms. The molecule has 0 radical (unpaired) electrons. The normalized spacial score (nSPS) is 18.6. The van der Waals surface area contributed by atoms with E-state index in [2.05, 4.69) is 5.32 Å². The molecule has 0 spiro atoms. The van der Waals surface area contributed by atoms with Gasteiger partial charge in [-0.3, -0.25) is 0 Å². The Bertz CT molecular complexity index is 528. The maximum Gasteiger partial charge on any atom is 0.246 e. The quantitative estimate of drug-likeness (QED) is 0.898. The molecule has 1 N–H and O–H groups in total. The van der Waals surface area contributed by atoms with E-state index in [0.717, 1.165) is 12.6 Å². The van der Waals surface area contributed by atoms with Gasteiger partial charge in [0.05, 0.1) is 0 Å². The van der Waals surface area contributed by atoms with Crippen molar-refractivity contribution in [3.63, 3.8) is 0 Å². The third-order valence-electron chi connectivity index (χ3n) is 2.81. The Hall–Kier alpha value is -0.690. The molecule has 0 aromatic heterocycles. The third-order valence-corrected chi connectivity index (χ3v) is 4.98. The number of rotatable bonds is 2. The van der Waals surface area contributed by atoms with Gasteiger partial charge in [0.25, 0.3) is 0 Å². The Labute approximate surface area is 111 Å². The highest BCUT2D eigenvalue weighted by Crippen LogP contribution is 2.22. The fraction of sp³-hybridized carbons (Fsp3) is 0.455. The van der Waals surface area contributed by atoms with Gasteiger partial charge in [-0.2, -0.15) is 4.31 Å². The minimum absolute atomic E-state index is 0.184. The summed E-state index contributed by atoms with van der Waals surface area (Å²) >= 11 is 5.62. The minimum Gasteiger partial charge on any atom is -0.315 e. The van der Waals surface area contributed by atoms with Crippen molar-refractivity contribution in [2.75, 3.05) is 26.2 Å². The predicted octanol–water partition coefficient (Wildman–Crippen LogP) is 1.46. The summed E-state index contributed by atoms with van der Waals surface area (Å²) in [7, 11) is -3.77. The molecule has 1 saturated heterocycles. The molecular formula is C11H14ClFN2O2S. The lowest BCUT2D eigenvalue weighted by molar-refractivity contribution is 0.427. The van der Waals surface area contributed by atoms with E-state index in [1.807, 2.05) is 0 Å². The van der Waals surface area contributed by atoms with Crippen molar-refractivity contribution in [3.8, 4) is 0 Å². The fourth-order valence-corrected chi connectivity index (χ4v) is 3.57. The second-order valence-electron chi connectivity index (χ2n) is 4.08. The van der Waals surface area contributed by atoms with Gasteiger partial charge >= 0.3 is 0 Å². The number of nitrogens with one attached hydrogen (secondary N) is 1. The maximum atomic E-state index is 13.7. The zero-order valence-corrected chi connectivity index (χ0v) is 11.3. The van der Waals surface area contributed by atoms with Gasteiger partial charge < -0.3 is 5.32 Å². The highest BCUT2D eigenvalue weighted by Gasteiger charge is 2.27. The van der Waals surface area contributed by atoms with Crippen LogP contribution < -0.4 is 5.32 Å². The van der Waals surface area contributed by atoms with Crippen LogP contribution in [0.4, 0.5) is 4.39 Å². The van der Waals surface area contributed by atoms with Crippen LogP contribution in [0.1, 0.15) is 6.42 Å². The second kappa shape index (κ2) is 5.52. The van der Waals surface area contributed by atoms with Crippen molar-refractivity contribution in [3.05, 3.63) is 29.0 Å². The Morgan fingerprint density at radius 1 is 1.28 bits per heavy atom. The molecule has 0 bridgehead atoms. The van der Waals surface area contributed by atoms with Crippen molar-refractivity contribution >= 4 is 21.6 Å². The molecular weight excluding hydrogens is 279 g/mol. The average molecular weight is 293 g/mol. The summed E-state index contributed by atoms with van der Waals surface area (Å²) in [6.45, 7) is 2.10. The van der Waals surface area contributed by atoms with Crippen LogP contribution in [0.3, 0.4) is 0 Å². The Morgan fingerprint density at radius 2 is 2.06 bits per heavy atom. The van der Waals surface area contributed by atoms with E-state index in [4.69, 9.17) is 11.6 Å². The molecule has 1 heterocycles. The molecule has 1 aliphatic heterocycles. The van der Waals surface area contributed by atoms with Gasteiger partial charge in [0.2, 0.25) is 10.0 Å². The predicted molar refractivity (Wildman–Crippen MR) is 67.7 cm³/mol. The van der Waals surface area contributed by atoms with Crippen LogP contribution >= 0.6 is 11.6 Å². The topological polar surface area (TPSA) is 49.4 Å². The van der Waals surface area contributed by atoms with E-state index in [9.17, 15) is 12.8 Å². The van der Waals surface area contributed by atoms with E-state index in [-0.39, 0.29) is 9.92 Å². The van der Waals surface area contributed by atoms with Gasteiger partial charge in [0.15, 0.2) is 0 Å². The van der Waals surface area contributed by atoms with Crippen molar-refractivity contribution in [2.45, 2.75) is 11.3 Å². The Kier molecular flexibility index (Phi) is 4.21. The molecule has 1 aromatic rings. The van der Waals surface area contributed by atoms with Gasteiger partial charge in [0.1, 0.15) is 10.7 Å². The first-order valence-electron chi connectivity index (χ1n) is 5.68. The summed E-state index contributed by atoms with van der Waals surface area (Å²) in [4.78, 5) is -0.311. The lowest BCUT2D eigenvalue weighted by Gasteiger charge is -2.19. The summed E-state index contributed by atoms with van der Waals surface area (Å²) in [5.41, 5.74) is 0. The van der Waals surface area contributed by atoms with Crippen molar-refractivity contribution in [1.29, 1.82) is 0 Å². The van der Waals surface area contributed by atoms with Gasteiger partial charge in [-0.05, 0) is 31.2 Å². The lowest BCUT2D eigenvalue weighted by Crippen LogP contribution is -2.34. The second-order valence-corrected chi connectivity index (χ2v) is 6.43. The smallest absolute Gasteiger partial charge is 0.246 e. The van der Waals surface area contributed by atoms with E-state index in [1.165, 1.54) is 16.4 Å². The van der Waals surface area contributed by atoms with Gasteiger partial charge in [-0.25, -0.2) is 12.8 Å². The third kappa shape index (κ3) is 2.83. The summed E-state index contributed by atoms with van der Waals surface area (Å²) < 4.78 is 39.6. The highest BCUT2D eigenvalue weighted by atomic mass is 35.5. The molecule has 0 unspecified atom stereocenters. The molecule has 1 aliphatic rings. The van der Waals surface area contributed by atoms with Gasteiger partial charge in [-0.15, -0.1) is 0 Å².